The molecular formula is C63H75N7O6S2. The predicted octanol–water partition coefficient (Wildman–Crippen LogP) is 11.6. The number of benzene rings is 4. The highest BCUT2D eigenvalue weighted by atomic mass is 32.1. The van der Waals surface area contributed by atoms with Gasteiger partial charge in [0.05, 0.1) is 29.5 Å². The molecule has 8 rings (SSSR count). The molecule has 15 heteroatoms. The average molecular weight is 1090 g/mol. The van der Waals surface area contributed by atoms with E-state index in [1.165, 1.54) is 22.7 Å². The summed E-state index contributed by atoms with van der Waals surface area (Å²) in [6.45, 7) is 18.1. The normalized spacial score (nSPS) is 19.2. The number of carbonyl (C=O) groups excluding carboxylic acids is 6. The fourth-order valence-electron chi connectivity index (χ4n) is 10.4. The van der Waals surface area contributed by atoms with E-state index >= 15 is 0 Å². The zero-order valence-corrected chi connectivity index (χ0v) is 48.3. The summed E-state index contributed by atoms with van der Waals surface area (Å²) < 4.78 is 0. The number of aromatic nitrogens is 2. The first-order valence-corrected chi connectivity index (χ1v) is 29.1. The number of rotatable bonds is 19. The monoisotopic (exact) mass is 1090 g/mol. The van der Waals surface area contributed by atoms with Gasteiger partial charge in [0, 0.05) is 76.8 Å². The Balaban J connectivity index is 0.944. The summed E-state index contributed by atoms with van der Waals surface area (Å²) in [6.07, 6.45) is 2.01. The Morgan fingerprint density at radius 1 is 0.641 bits per heavy atom. The van der Waals surface area contributed by atoms with Crippen LogP contribution in [0.3, 0.4) is 0 Å². The number of likely N-dealkylation sites (tertiary alicyclic amines) is 2. The number of thiazole rings is 2. The van der Waals surface area contributed by atoms with E-state index in [1.807, 2.05) is 180 Å². The first-order chi connectivity index (χ1) is 37.1. The van der Waals surface area contributed by atoms with Gasteiger partial charge in [-0.15, -0.1) is 22.7 Å². The van der Waals surface area contributed by atoms with E-state index in [0.29, 0.717) is 36.9 Å². The predicted molar refractivity (Wildman–Crippen MR) is 311 cm³/mol. The molecule has 0 bridgehead atoms. The lowest BCUT2D eigenvalue weighted by molar-refractivity contribution is -0.143. The largest absolute Gasteiger partial charge is 0.347 e. The van der Waals surface area contributed by atoms with Gasteiger partial charge >= 0.3 is 0 Å². The highest BCUT2D eigenvalue weighted by Crippen LogP contribution is 2.43. The molecule has 0 unspecified atom stereocenters. The summed E-state index contributed by atoms with van der Waals surface area (Å²) in [7, 11) is 1.74. The molecule has 4 heterocycles. The van der Waals surface area contributed by atoms with Crippen LogP contribution < -0.4 is 16.0 Å². The lowest BCUT2D eigenvalue weighted by atomic mass is 9.76. The van der Waals surface area contributed by atoms with Crippen molar-refractivity contribution >= 4 is 57.9 Å². The van der Waals surface area contributed by atoms with Gasteiger partial charge in [-0.2, -0.15) is 0 Å². The van der Waals surface area contributed by atoms with Crippen LogP contribution in [0.25, 0.3) is 33.6 Å². The van der Waals surface area contributed by atoms with Crippen LogP contribution in [0.4, 0.5) is 0 Å². The Kier molecular flexibility index (Phi) is 18.1. The van der Waals surface area contributed by atoms with Crippen LogP contribution in [0, 0.1) is 28.6 Å². The second kappa shape index (κ2) is 24.6. The van der Waals surface area contributed by atoms with Crippen molar-refractivity contribution in [2.45, 2.75) is 125 Å². The smallest absolute Gasteiger partial charge is 0.251 e. The third-order valence-electron chi connectivity index (χ3n) is 15.6. The van der Waals surface area contributed by atoms with Crippen LogP contribution in [-0.2, 0) is 19.2 Å². The van der Waals surface area contributed by atoms with Crippen LogP contribution in [0.2, 0.25) is 0 Å². The molecule has 4 aromatic carbocycles. The van der Waals surface area contributed by atoms with Gasteiger partial charge in [-0.25, -0.2) is 9.97 Å². The zero-order chi connectivity index (χ0) is 56.1. The van der Waals surface area contributed by atoms with Gasteiger partial charge < -0.3 is 25.8 Å². The maximum absolute atomic E-state index is 14.7. The fraction of sp³-hybridized carbons (Fsp3) is 0.429. The van der Waals surface area contributed by atoms with Gasteiger partial charge in [0.2, 0.25) is 17.7 Å². The molecule has 2 saturated heterocycles. The molecule has 410 valence electrons. The van der Waals surface area contributed by atoms with Crippen molar-refractivity contribution in [1.29, 1.82) is 0 Å². The maximum Gasteiger partial charge on any atom is 0.251 e. The summed E-state index contributed by atoms with van der Waals surface area (Å²) in [4.78, 5) is 97.7. The molecule has 6 aromatic rings. The summed E-state index contributed by atoms with van der Waals surface area (Å²) in [5.41, 5.74) is 5.33. The summed E-state index contributed by atoms with van der Waals surface area (Å²) in [5, 5.41) is 14.9. The molecule has 0 radical (unpaired) electrons. The number of hydrogen-bond acceptors (Lipinski definition) is 11. The molecule has 2 aliphatic heterocycles. The number of nitrogens with one attached hydrogen (secondary N) is 3. The van der Waals surface area contributed by atoms with E-state index in [-0.39, 0.29) is 78.5 Å². The molecule has 2 fully saturated rings. The van der Waals surface area contributed by atoms with E-state index in [1.54, 1.807) is 19.2 Å². The zero-order valence-electron chi connectivity index (χ0n) is 46.7. The van der Waals surface area contributed by atoms with Gasteiger partial charge in [-0.3, -0.25) is 28.8 Å². The molecule has 0 spiro atoms. The van der Waals surface area contributed by atoms with Crippen LogP contribution in [0.15, 0.2) is 120 Å². The number of likely N-dealkylation sites (N-methyl/N-ethyl adjacent to an activating group) is 1. The van der Waals surface area contributed by atoms with Crippen LogP contribution in [0.5, 0.6) is 0 Å². The fourth-order valence-corrected chi connectivity index (χ4v) is 12.3. The van der Waals surface area contributed by atoms with Crippen molar-refractivity contribution in [3.8, 4) is 33.6 Å². The second-order valence-corrected chi connectivity index (χ2v) is 25.2. The second-order valence-electron chi connectivity index (χ2n) is 23.4. The summed E-state index contributed by atoms with van der Waals surface area (Å²) in [6, 6.07) is 32.4. The Labute approximate surface area is 468 Å². The SMILES string of the molecule is CC[C@@H](C)C(=O)N[C@H](C(=O)N1C[C@@H](CC(=O)c2ccc(-c3ccc(C(=O)N[C@H]4C[C@@H](c5nc(-c6ccccc6)cs5)N(C(=O)[C@@H](CC(=O)[C@H](C)NC)C(C)(C)C)C4)cc3)cc2)C[C@H]1c1nc(-c2ccccc2)cs1)C(C)(C)C. The molecule has 4 amide bonds. The maximum atomic E-state index is 14.7. The van der Waals surface area contributed by atoms with Gasteiger partial charge in [0.1, 0.15) is 21.8 Å². The van der Waals surface area contributed by atoms with Crippen LogP contribution >= 0.6 is 22.7 Å². The first kappa shape index (κ1) is 57.5. The Morgan fingerprint density at radius 3 is 1.65 bits per heavy atom. The number of amides is 4. The van der Waals surface area contributed by atoms with Crippen molar-refractivity contribution in [2.75, 3.05) is 20.1 Å². The van der Waals surface area contributed by atoms with Crippen molar-refractivity contribution in [3.05, 3.63) is 141 Å². The molecule has 3 N–H and O–H groups in total. The van der Waals surface area contributed by atoms with Gasteiger partial charge in [-0.05, 0) is 73.2 Å². The number of carbonyl (C=O) groups is 6. The molecule has 2 aromatic heterocycles. The lowest BCUT2D eigenvalue weighted by Gasteiger charge is -2.36. The number of nitrogens with zero attached hydrogens (tertiary/aromatic N) is 4. The van der Waals surface area contributed by atoms with E-state index < -0.39 is 34.9 Å². The van der Waals surface area contributed by atoms with E-state index in [9.17, 15) is 28.8 Å². The molecule has 0 saturated carbocycles. The Morgan fingerprint density at radius 2 is 1.15 bits per heavy atom. The van der Waals surface area contributed by atoms with Gasteiger partial charge in [0.15, 0.2) is 5.78 Å². The van der Waals surface area contributed by atoms with Crippen molar-refractivity contribution in [2.24, 2.45) is 28.6 Å². The van der Waals surface area contributed by atoms with Gasteiger partial charge in [0.25, 0.3) is 5.91 Å². The van der Waals surface area contributed by atoms with Crippen molar-refractivity contribution in [1.82, 2.24) is 35.7 Å². The quantitative estimate of drug-likeness (QED) is 0.0668. The lowest BCUT2D eigenvalue weighted by Crippen LogP contribution is -2.55. The van der Waals surface area contributed by atoms with Crippen molar-refractivity contribution < 1.29 is 28.8 Å². The highest BCUT2D eigenvalue weighted by Gasteiger charge is 2.46. The Bertz CT molecular complexity index is 2860. The van der Waals surface area contributed by atoms with E-state index in [2.05, 4.69) is 16.0 Å². The highest BCUT2D eigenvalue weighted by molar-refractivity contribution is 7.10. The molecule has 0 aliphatic carbocycles. The molecule has 78 heavy (non-hydrogen) atoms. The minimum Gasteiger partial charge on any atom is -0.347 e. The first-order valence-electron chi connectivity index (χ1n) is 27.3. The number of hydrogen-bond donors (Lipinski definition) is 3. The topological polar surface area (TPSA) is 171 Å². The molecule has 8 atom stereocenters. The van der Waals surface area contributed by atoms with E-state index in [4.69, 9.17) is 9.97 Å². The standard InChI is InChI=1S/C63H75N7O6S2/c1-11-38(2)56(73)68-55(63(7,8)9)61(76)69-34-40(30-51(69)58-66-49(36-77-58)43-18-14-12-15-19-43)31-54(72)45-26-22-41(23-27-45)42-24-28-46(29-25-42)57(74)65-47-32-52(59-67-50(37-78-59)44-20-16-13-17-21-44)70(35-47)60(75)48(62(4,5)6)33-53(71)39(3)64-10/h12-29,36-40,47-48,51-52,55,64H,11,30-35H2,1-10H3,(H,65,74)(H,68,73)/t38-,39+,40-,47+,48-,51+,52+,55-/m1/s1. The minimum atomic E-state index is -0.767. The van der Waals surface area contributed by atoms with Gasteiger partial charge in [-0.1, -0.05) is 152 Å². The van der Waals surface area contributed by atoms with Crippen LogP contribution in [-0.4, -0.2) is 93.2 Å². The van der Waals surface area contributed by atoms with E-state index in [0.717, 1.165) is 43.7 Å². The van der Waals surface area contributed by atoms with Crippen molar-refractivity contribution in [3.63, 3.8) is 0 Å². The average Bonchev–Trinajstić information content (AvgIpc) is 4.36. The number of Topliss-reactive ketones (excluding diaryl/α,β-unsaturated/α-hetero) is 2. The summed E-state index contributed by atoms with van der Waals surface area (Å²) in [5.74, 6) is -1.74. The molecule has 2 aliphatic rings. The summed E-state index contributed by atoms with van der Waals surface area (Å²) >= 11 is 3.01. The minimum absolute atomic E-state index is 0.0279. The molecule has 13 nitrogen and oxygen atoms in total. The number of ketones is 2. The van der Waals surface area contributed by atoms with Crippen LogP contribution in [0.1, 0.15) is 137 Å². The third-order valence-corrected chi connectivity index (χ3v) is 17.5. The Hall–Kier alpha value is -6.68. The molecular weight excluding hydrogens is 1010 g/mol. The third kappa shape index (κ3) is 13.4.